The number of aromatic nitrogens is 1. The SMILES string of the molecule is CCCCN1C(=O)c2ccc(C(=O)Nc3cccc(C)n3)cc2C1=O. The number of rotatable bonds is 5. The average molecular weight is 337 g/mol. The normalized spacial score (nSPS) is 13.1. The van der Waals surface area contributed by atoms with Crippen molar-refractivity contribution in [3.8, 4) is 0 Å². The second-order valence-electron chi connectivity index (χ2n) is 5.99. The van der Waals surface area contributed by atoms with Gasteiger partial charge in [-0.3, -0.25) is 19.3 Å². The number of carbonyl (C=O) groups excluding carboxylic acids is 3. The van der Waals surface area contributed by atoms with Crippen molar-refractivity contribution < 1.29 is 14.4 Å². The summed E-state index contributed by atoms with van der Waals surface area (Å²) >= 11 is 0. The van der Waals surface area contributed by atoms with Gasteiger partial charge in [-0.1, -0.05) is 19.4 Å². The van der Waals surface area contributed by atoms with Crippen molar-refractivity contribution in [1.82, 2.24) is 9.88 Å². The summed E-state index contributed by atoms with van der Waals surface area (Å²) in [5.74, 6) is -0.553. The molecule has 3 rings (SSSR count). The number of imide groups is 1. The molecule has 2 aromatic rings. The van der Waals surface area contributed by atoms with E-state index < -0.39 is 0 Å². The summed E-state index contributed by atoms with van der Waals surface area (Å²) in [4.78, 5) is 42.6. The third-order valence-electron chi connectivity index (χ3n) is 4.10. The van der Waals surface area contributed by atoms with Crippen LogP contribution in [0.5, 0.6) is 0 Å². The van der Waals surface area contributed by atoms with E-state index in [-0.39, 0.29) is 23.3 Å². The van der Waals surface area contributed by atoms with E-state index in [1.165, 1.54) is 11.0 Å². The first kappa shape index (κ1) is 16.8. The Labute approximate surface area is 145 Å². The van der Waals surface area contributed by atoms with E-state index in [0.29, 0.717) is 23.5 Å². The molecule has 2 heterocycles. The molecule has 1 aliphatic rings. The molecule has 1 N–H and O–H groups in total. The van der Waals surface area contributed by atoms with Crippen molar-refractivity contribution in [2.45, 2.75) is 26.7 Å². The maximum Gasteiger partial charge on any atom is 0.261 e. The summed E-state index contributed by atoms with van der Waals surface area (Å²) in [5.41, 5.74) is 1.75. The molecule has 0 aliphatic carbocycles. The van der Waals surface area contributed by atoms with Crippen LogP contribution in [-0.4, -0.2) is 34.2 Å². The summed E-state index contributed by atoms with van der Waals surface area (Å²) in [5, 5.41) is 2.70. The van der Waals surface area contributed by atoms with E-state index in [9.17, 15) is 14.4 Å². The highest BCUT2D eigenvalue weighted by Crippen LogP contribution is 2.24. The van der Waals surface area contributed by atoms with E-state index in [1.807, 2.05) is 19.9 Å². The van der Waals surface area contributed by atoms with Crippen molar-refractivity contribution in [3.05, 3.63) is 58.8 Å². The van der Waals surface area contributed by atoms with Gasteiger partial charge in [-0.15, -0.1) is 0 Å². The summed E-state index contributed by atoms with van der Waals surface area (Å²) in [6.07, 6.45) is 1.66. The topological polar surface area (TPSA) is 79.4 Å². The Morgan fingerprint density at radius 2 is 1.88 bits per heavy atom. The van der Waals surface area contributed by atoms with Crippen LogP contribution in [0.15, 0.2) is 36.4 Å². The molecule has 6 nitrogen and oxygen atoms in total. The Balaban J connectivity index is 1.83. The number of anilines is 1. The van der Waals surface area contributed by atoms with Gasteiger partial charge in [-0.25, -0.2) is 4.98 Å². The highest BCUT2D eigenvalue weighted by atomic mass is 16.2. The van der Waals surface area contributed by atoms with Gasteiger partial charge in [0.15, 0.2) is 0 Å². The lowest BCUT2D eigenvalue weighted by molar-refractivity contribution is 0.0652. The molecule has 0 saturated carbocycles. The highest BCUT2D eigenvalue weighted by molar-refractivity contribution is 6.22. The molecule has 0 saturated heterocycles. The van der Waals surface area contributed by atoms with Crippen LogP contribution < -0.4 is 5.32 Å². The van der Waals surface area contributed by atoms with Gasteiger partial charge in [0.2, 0.25) is 0 Å². The molecule has 1 aromatic heterocycles. The first-order valence-electron chi connectivity index (χ1n) is 8.26. The Hall–Kier alpha value is -3.02. The predicted octanol–water partition coefficient (Wildman–Crippen LogP) is 3.04. The van der Waals surface area contributed by atoms with Crippen LogP contribution >= 0.6 is 0 Å². The standard InChI is InChI=1S/C19H19N3O3/c1-3-4-10-22-18(24)14-9-8-13(11-15(14)19(22)25)17(23)21-16-7-5-6-12(2)20-16/h5-9,11H,3-4,10H2,1-2H3,(H,20,21,23). The first-order chi connectivity index (χ1) is 12.0. The van der Waals surface area contributed by atoms with Crippen LogP contribution in [0.4, 0.5) is 5.82 Å². The lowest BCUT2D eigenvalue weighted by Gasteiger charge is -2.12. The molecular formula is C19H19N3O3. The molecule has 6 heteroatoms. The maximum absolute atomic E-state index is 12.5. The Morgan fingerprint density at radius 3 is 2.60 bits per heavy atom. The Kier molecular flexibility index (Phi) is 4.61. The molecule has 0 atom stereocenters. The van der Waals surface area contributed by atoms with Crippen molar-refractivity contribution in [2.75, 3.05) is 11.9 Å². The van der Waals surface area contributed by atoms with Gasteiger partial charge in [0.05, 0.1) is 11.1 Å². The van der Waals surface area contributed by atoms with E-state index in [0.717, 1.165) is 18.5 Å². The van der Waals surface area contributed by atoms with E-state index in [4.69, 9.17) is 0 Å². The van der Waals surface area contributed by atoms with Gasteiger partial charge >= 0.3 is 0 Å². The van der Waals surface area contributed by atoms with Gasteiger partial charge in [0.25, 0.3) is 17.7 Å². The number of carbonyl (C=O) groups is 3. The molecule has 0 bridgehead atoms. The van der Waals surface area contributed by atoms with Crippen molar-refractivity contribution in [1.29, 1.82) is 0 Å². The fourth-order valence-corrected chi connectivity index (χ4v) is 2.75. The zero-order valence-corrected chi connectivity index (χ0v) is 14.2. The minimum Gasteiger partial charge on any atom is -0.307 e. The number of nitrogens with one attached hydrogen (secondary N) is 1. The number of hydrogen-bond acceptors (Lipinski definition) is 4. The maximum atomic E-state index is 12.5. The third-order valence-corrected chi connectivity index (χ3v) is 4.10. The monoisotopic (exact) mass is 337 g/mol. The summed E-state index contributed by atoms with van der Waals surface area (Å²) in [6, 6.07) is 9.90. The van der Waals surface area contributed by atoms with E-state index in [1.54, 1.807) is 24.3 Å². The van der Waals surface area contributed by atoms with Gasteiger partial charge in [0, 0.05) is 17.8 Å². The molecule has 0 spiro atoms. The van der Waals surface area contributed by atoms with Crippen LogP contribution in [0.25, 0.3) is 0 Å². The van der Waals surface area contributed by atoms with Crippen LogP contribution in [0.2, 0.25) is 0 Å². The van der Waals surface area contributed by atoms with Gasteiger partial charge < -0.3 is 5.32 Å². The predicted molar refractivity (Wildman–Crippen MR) is 93.6 cm³/mol. The molecule has 0 radical (unpaired) electrons. The highest BCUT2D eigenvalue weighted by Gasteiger charge is 2.35. The molecule has 1 aromatic carbocycles. The van der Waals surface area contributed by atoms with Crippen LogP contribution in [0, 0.1) is 6.92 Å². The number of pyridine rings is 1. The van der Waals surface area contributed by atoms with Crippen molar-refractivity contribution in [2.24, 2.45) is 0 Å². The quantitative estimate of drug-likeness (QED) is 0.851. The minimum absolute atomic E-state index is 0.283. The van der Waals surface area contributed by atoms with Crippen LogP contribution in [0.1, 0.15) is 56.5 Å². The number of aryl methyl sites for hydroxylation is 1. The zero-order chi connectivity index (χ0) is 18.0. The fraction of sp³-hybridized carbons (Fsp3) is 0.263. The van der Waals surface area contributed by atoms with E-state index in [2.05, 4.69) is 10.3 Å². The molecule has 25 heavy (non-hydrogen) atoms. The summed E-state index contributed by atoms with van der Waals surface area (Å²) < 4.78 is 0. The molecule has 128 valence electrons. The smallest absolute Gasteiger partial charge is 0.261 e. The average Bonchev–Trinajstić information content (AvgIpc) is 2.83. The Morgan fingerprint density at radius 1 is 1.12 bits per heavy atom. The number of unbranched alkanes of at least 4 members (excludes halogenated alkanes) is 1. The molecule has 3 amide bonds. The van der Waals surface area contributed by atoms with Crippen molar-refractivity contribution >= 4 is 23.5 Å². The lowest BCUT2D eigenvalue weighted by atomic mass is 10.1. The van der Waals surface area contributed by atoms with Crippen molar-refractivity contribution in [3.63, 3.8) is 0 Å². The Bertz CT molecular complexity index is 861. The lowest BCUT2D eigenvalue weighted by Crippen LogP contribution is -2.30. The largest absolute Gasteiger partial charge is 0.307 e. The van der Waals surface area contributed by atoms with Crippen LogP contribution in [0.3, 0.4) is 0 Å². The number of fused-ring (bicyclic) bond motifs is 1. The van der Waals surface area contributed by atoms with Gasteiger partial charge in [-0.05, 0) is 43.7 Å². The number of amides is 3. The number of benzene rings is 1. The molecular weight excluding hydrogens is 318 g/mol. The summed E-state index contributed by atoms with van der Waals surface area (Å²) in [6.45, 7) is 4.23. The van der Waals surface area contributed by atoms with E-state index >= 15 is 0 Å². The second-order valence-corrected chi connectivity index (χ2v) is 5.99. The first-order valence-corrected chi connectivity index (χ1v) is 8.26. The molecule has 0 unspecified atom stereocenters. The van der Waals surface area contributed by atoms with Gasteiger partial charge in [-0.2, -0.15) is 0 Å². The van der Waals surface area contributed by atoms with Gasteiger partial charge in [0.1, 0.15) is 5.82 Å². The van der Waals surface area contributed by atoms with Crippen LogP contribution in [-0.2, 0) is 0 Å². The molecule has 0 fully saturated rings. The fourth-order valence-electron chi connectivity index (χ4n) is 2.75. The third kappa shape index (κ3) is 3.28. The number of nitrogens with zero attached hydrogens (tertiary/aromatic N) is 2. The second kappa shape index (κ2) is 6.84. The number of hydrogen-bond donors (Lipinski definition) is 1. The summed E-state index contributed by atoms with van der Waals surface area (Å²) in [7, 11) is 0. The molecule has 1 aliphatic heterocycles. The minimum atomic E-state index is -0.367. The zero-order valence-electron chi connectivity index (χ0n) is 14.2.